The van der Waals surface area contributed by atoms with E-state index >= 15 is 0 Å². The Morgan fingerprint density at radius 1 is 1.36 bits per heavy atom. The molecule has 0 atom stereocenters. The molecule has 128 valence electrons. The molecule has 3 rings (SSSR count). The molecule has 0 saturated carbocycles. The molecule has 0 fully saturated rings. The average molecular weight is 342 g/mol. The first-order valence-corrected chi connectivity index (χ1v) is 7.47. The summed E-state index contributed by atoms with van der Waals surface area (Å²) in [5, 5.41) is 25.8. The van der Waals surface area contributed by atoms with Gasteiger partial charge < -0.3 is 15.7 Å². The second-order valence-electron chi connectivity index (χ2n) is 5.54. The van der Waals surface area contributed by atoms with E-state index in [0.717, 1.165) is 11.6 Å². The first-order valence-electron chi connectivity index (χ1n) is 7.47. The van der Waals surface area contributed by atoms with Gasteiger partial charge in [0.1, 0.15) is 5.82 Å². The fraction of sp³-hybridized carbons (Fsp3) is 0.188. The Hall–Kier alpha value is -3.49. The molecule has 2 heterocycles. The minimum atomic E-state index is -1.22. The van der Waals surface area contributed by atoms with Crippen molar-refractivity contribution >= 4 is 29.1 Å². The van der Waals surface area contributed by atoms with Crippen molar-refractivity contribution in [2.24, 2.45) is 0 Å². The maximum atomic E-state index is 11.3. The van der Waals surface area contributed by atoms with Crippen molar-refractivity contribution in [3.63, 3.8) is 0 Å². The van der Waals surface area contributed by atoms with E-state index in [2.05, 4.69) is 15.6 Å². The van der Waals surface area contributed by atoms with Crippen molar-refractivity contribution in [3.05, 3.63) is 57.3 Å². The predicted molar refractivity (Wildman–Crippen MR) is 88.6 cm³/mol. The number of anilines is 2. The highest BCUT2D eigenvalue weighted by molar-refractivity contribution is 5.93. The van der Waals surface area contributed by atoms with Crippen LogP contribution >= 0.6 is 0 Å². The highest BCUT2D eigenvalue weighted by Crippen LogP contribution is 2.25. The largest absolute Gasteiger partial charge is 0.478 e. The van der Waals surface area contributed by atoms with Gasteiger partial charge in [0.25, 0.3) is 5.69 Å². The normalized spacial score (nSPS) is 12.9. The number of pyridine rings is 1. The van der Waals surface area contributed by atoms with Gasteiger partial charge in [-0.1, -0.05) is 0 Å². The van der Waals surface area contributed by atoms with Crippen molar-refractivity contribution in [2.75, 3.05) is 10.6 Å². The van der Waals surface area contributed by atoms with Gasteiger partial charge in [-0.3, -0.25) is 14.9 Å². The van der Waals surface area contributed by atoms with Crippen LogP contribution < -0.4 is 10.6 Å². The van der Waals surface area contributed by atoms with Gasteiger partial charge in [0.05, 0.1) is 22.4 Å². The summed E-state index contributed by atoms with van der Waals surface area (Å²) < 4.78 is 0. The van der Waals surface area contributed by atoms with E-state index in [-0.39, 0.29) is 23.7 Å². The van der Waals surface area contributed by atoms with Crippen molar-refractivity contribution in [1.82, 2.24) is 4.98 Å². The molecule has 3 N–H and O–H groups in total. The molecule has 1 aliphatic rings. The highest BCUT2D eigenvalue weighted by Gasteiger charge is 2.18. The number of nitro benzene ring substituents is 1. The lowest BCUT2D eigenvalue weighted by Gasteiger charge is -2.17. The van der Waals surface area contributed by atoms with Crippen LogP contribution in [0.5, 0.6) is 0 Å². The molecule has 0 unspecified atom stereocenters. The van der Waals surface area contributed by atoms with Crippen LogP contribution in [0.15, 0.2) is 30.5 Å². The third-order valence-electron chi connectivity index (χ3n) is 3.86. The van der Waals surface area contributed by atoms with E-state index < -0.39 is 10.9 Å². The number of carbonyl (C=O) groups is 2. The van der Waals surface area contributed by atoms with Crippen molar-refractivity contribution in [2.45, 2.75) is 19.4 Å². The molecule has 0 bridgehead atoms. The Kier molecular flexibility index (Phi) is 4.29. The molecule has 1 aromatic carbocycles. The smallest absolute Gasteiger partial charge is 0.335 e. The molecule has 1 aromatic heterocycles. The van der Waals surface area contributed by atoms with Gasteiger partial charge in [-0.15, -0.1) is 0 Å². The van der Waals surface area contributed by atoms with E-state index in [1.165, 1.54) is 18.3 Å². The van der Waals surface area contributed by atoms with Gasteiger partial charge in [-0.2, -0.15) is 0 Å². The topological polar surface area (TPSA) is 134 Å². The molecule has 25 heavy (non-hydrogen) atoms. The number of carbonyl (C=O) groups excluding carboxylic acids is 1. The summed E-state index contributed by atoms with van der Waals surface area (Å²) >= 11 is 0. The zero-order valence-corrected chi connectivity index (χ0v) is 13.0. The number of nitrogens with one attached hydrogen (secondary N) is 2. The summed E-state index contributed by atoms with van der Waals surface area (Å²) in [4.78, 5) is 37.0. The molecule has 0 aliphatic carbocycles. The molecule has 0 spiro atoms. The zero-order valence-electron chi connectivity index (χ0n) is 13.0. The lowest BCUT2D eigenvalue weighted by molar-refractivity contribution is -0.385. The van der Waals surface area contributed by atoms with E-state index in [0.29, 0.717) is 29.9 Å². The van der Waals surface area contributed by atoms with Gasteiger partial charge in [0.15, 0.2) is 0 Å². The quantitative estimate of drug-likeness (QED) is 0.560. The molecule has 9 heteroatoms. The van der Waals surface area contributed by atoms with Gasteiger partial charge in [-0.05, 0) is 30.2 Å². The zero-order chi connectivity index (χ0) is 18.0. The molecule has 1 amide bonds. The number of nitrogens with zero attached hydrogens (tertiary/aromatic N) is 2. The average Bonchev–Trinajstić information content (AvgIpc) is 2.59. The minimum Gasteiger partial charge on any atom is -0.478 e. The van der Waals surface area contributed by atoms with Crippen LogP contribution in [-0.2, 0) is 17.8 Å². The number of carboxylic acids is 1. The predicted octanol–water partition coefficient (Wildman–Crippen LogP) is 2.18. The first kappa shape index (κ1) is 16.4. The van der Waals surface area contributed by atoms with Crippen LogP contribution in [0.2, 0.25) is 0 Å². The summed E-state index contributed by atoms with van der Waals surface area (Å²) in [5.74, 6) is -0.767. The summed E-state index contributed by atoms with van der Waals surface area (Å²) in [6.45, 7) is 0.142. The van der Waals surface area contributed by atoms with Crippen LogP contribution in [-0.4, -0.2) is 26.9 Å². The maximum absolute atomic E-state index is 11.3. The first-order chi connectivity index (χ1) is 11.9. The van der Waals surface area contributed by atoms with Crippen molar-refractivity contribution < 1.29 is 19.6 Å². The third kappa shape index (κ3) is 3.55. The number of rotatable bonds is 5. The summed E-state index contributed by atoms with van der Waals surface area (Å²) in [7, 11) is 0. The Bertz CT molecular complexity index is 881. The van der Waals surface area contributed by atoms with E-state index in [1.807, 2.05) is 6.07 Å². The van der Waals surface area contributed by atoms with Gasteiger partial charge >= 0.3 is 5.97 Å². The SMILES string of the molecule is O=C1CCc2cc(NCc3ccc(C(=O)O)cc3[N+](=O)[O-])cnc2N1. The number of carboxylic acid groups (broad SMARTS) is 1. The van der Waals surface area contributed by atoms with Gasteiger partial charge in [0.2, 0.25) is 5.91 Å². The standard InChI is InChI=1S/C16H14N4O5/c21-14-4-3-9-5-12(8-18-15(9)19-14)17-7-11-2-1-10(16(22)23)6-13(11)20(24)25/h1-2,5-6,8,17H,3-4,7H2,(H,22,23)(H,18,19,21). The van der Waals surface area contributed by atoms with Crippen LogP contribution in [0.25, 0.3) is 0 Å². The molecule has 0 radical (unpaired) electrons. The monoisotopic (exact) mass is 342 g/mol. The number of hydrogen-bond donors (Lipinski definition) is 3. The van der Waals surface area contributed by atoms with Crippen LogP contribution in [0.3, 0.4) is 0 Å². The lowest BCUT2D eigenvalue weighted by atomic mass is 10.1. The van der Waals surface area contributed by atoms with Gasteiger partial charge in [0, 0.05) is 24.6 Å². The van der Waals surface area contributed by atoms with Gasteiger partial charge in [-0.25, -0.2) is 9.78 Å². The second kappa shape index (κ2) is 6.56. The van der Waals surface area contributed by atoms with Crippen molar-refractivity contribution in [1.29, 1.82) is 0 Å². The molecule has 9 nitrogen and oxygen atoms in total. The van der Waals surface area contributed by atoms with Crippen molar-refractivity contribution in [3.8, 4) is 0 Å². The number of fused-ring (bicyclic) bond motifs is 1. The fourth-order valence-electron chi connectivity index (χ4n) is 2.57. The number of aromatic carboxylic acids is 1. The summed E-state index contributed by atoms with van der Waals surface area (Å²) in [5.41, 5.74) is 1.51. The van der Waals surface area contributed by atoms with E-state index in [4.69, 9.17) is 5.11 Å². The molecule has 2 aromatic rings. The second-order valence-corrected chi connectivity index (χ2v) is 5.54. The van der Waals surface area contributed by atoms with Crippen LogP contribution in [0.1, 0.15) is 27.9 Å². The summed E-state index contributed by atoms with van der Waals surface area (Å²) in [6.07, 6.45) is 2.50. The third-order valence-corrected chi connectivity index (χ3v) is 3.86. The van der Waals surface area contributed by atoms with Crippen LogP contribution in [0, 0.1) is 10.1 Å². The number of aromatic nitrogens is 1. The minimum absolute atomic E-state index is 0.0742. The molecule has 0 saturated heterocycles. The molecular weight excluding hydrogens is 328 g/mol. The molecule has 1 aliphatic heterocycles. The highest BCUT2D eigenvalue weighted by atomic mass is 16.6. The Morgan fingerprint density at radius 2 is 2.16 bits per heavy atom. The summed E-state index contributed by atoms with van der Waals surface area (Å²) in [6, 6.07) is 5.62. The maximum Gasteiger partial charge on any atom is 0.335 e. The number of benzene rings is 1. The number of nitro groups is 1. The lowest BCUT2D eigenvalue weighted by Crippen LogP contribution is -2.20. The molecular formula is C16H14N4O5. The Labute approximate surface area is 141 Å². The Morgan fingerprint density at radius 3 is 2.88 bits per heavy atom. The number of hydrogen-bond acceptors (Lipinski definition) is 6. The fourth-order valence-corrected chi connectivity index (χ4v) is 2.57. The number of amides is 1. The van der Waals surface area contributed by atoms with E-state index in [9.17, 15) is 19.7 Å². The van der Waals surface area contributed by atoms with Crippen LogP contribution in [0.4, 0.5) is 17.2 Å². The Balaban J connectivity index is 1.78. The number of aryl methyl sites for hydroxylation is 1. The van der Waals surface area contributed by atoms with E-state index in [1.54, 1.807) is 0 Å².